The number of carbonyl (C=O) groups excluding carboxylic acids is 1. The molecule has 0 spiro atoms. The van der Waals surface area contributed by atoms with Gasteiger partial charge in [0.05, 0.1) is 5.69 Å². The van der Waals surface area contributed by atoms with Crippen LogP contribution in [-0.2, 0) is 4.79 Å². The third-order valence-electron chi connectivity index (χ3n) is 2.86. The maximum atomic E-state index is 13.5. The first kappa shape index (κ1) is 10.9. The molecular formula is C12H14FN2O. The first-order chi connectivity index (χ1) is 7.68. The van der Waals surface area contributed by atoms with Gasteiger partial charge in [0.2, 0.25) is 5.91 Å². The highest BCUT2D eigenvalue weighted by Crippen LogP contribution is 2.19. The minimum absolute atomic E-state index is 0.0831. The molecular weight excluding hydrogens is 207 g/mol. The summed E-state index contributed by atoms with van der Waals surface area (Å²) in [6, 6.07) is 7.49. The number of piperazine rings is 1. The van der Waals surface area contributed by atoms with Crippen LogP contribution in [0.3, 0.4) is 0 Å². The molecule has 0 atom stereocenters. The minimum atomic E-state index is -0.227. The van der Waals surface area contributed by atoms with E-state index in [1.165, 1.54) is 6.07 Å². The number of hydrogen-bond acceptors (Lipinski definition) is 2. The second-order valence-electron chi connectivity index (χ2n) is 3.87. The van der Waals surface area contributed by atoms with Crippen LogP contribution in [-0.4, -0.2) is 37.0 Å². The number of anilines is 1. The fraction of sp³-hybridized carbons (Fsp3) is 0.417. The zero-order chi connectivity index (χ0) is 11.5. The van der Waals surface area contributed by atoms with Crippen LogP contribution in [0.4, 0.5) is 10.1 Å². The highest BCUT2D eigenvalue weighted by atomic mass is 19.1. The van der Waals surface area contributed by atoms with E-state index in [0.29, 0.717) is 31.9 Å². The molecule has 1 aliphatic rings. The van der Waals surface area contributed by atoms with E-state index in [9.17, 15) is 9.18 Å². The number of carbonyl (C=O) groups is 1. The van der Waals surface area contributed by atoms with Gasteiger partial charge in [0.25, 0.3) is 0 Å². The van der Waals surface area contributed by atoms with E-state index >= 15 is 0 Å². The van der Waals surface area contributed by atoms with Gasteiger partial charge in [0.15, 0.2) is 0 Å². The summed E-state index contributed by atoms with van der Waals surface area (Å²) in [5.74, 6) is -0.144. The second-order valence-corrected chi connectivity index (χ2v) is 3.87. The zero-order valence-electron chi connectivity index (χ0n) is 9.24. The molecule has 16 heavy (non-hydrogen) atoms. The van der Waals surface area contributed by atoms with Crippen LogP contribution in [0, 0.1) is 11.9 Å². The van der Waals surface area contributed by atoms with Crippen molar-refractivity contribution in [3.05, 3.63) is 30.1 Å². The summed E-state index contributed by atoms with van der Waals surface area (Å²) in [6.07, 6.45) is 0. The van der Waals surface area contributed by atoms with Gasteiger partial charge >= 0.3 is 0 Å². The Bertz CT molecular complexity index is 386. The van der Waals surface area contributed by atoms with Gasteiger partial charge in [0, 0.05) is 33.1 Å². The van der Waals surface area contributed by atoms with Gasteiger partial charge in [-0.25, -0.2) is 4.39 Å². The lowest BCUT2D eigenvalue weighted by molar-refractivity contribution is -0.129. The Morgan fingerprint density at radius 3 is 2.62 bits per heavy atom. The summed E-state index contributed by atoms with van der Waals surface area (Å²) < 4.78 is 13.5. The lowest BCUT2D eigenvalue weighted by Crippen LogP contribution is -2.48. The summed E-state index contributed by atoms with van der Waals surface area (Å²) in [6.45, 7) is 4.22. The van der Waals surface area contributed by atoms with E-state index in [-0.39, 0.29) is 11.7 Å². The molecule has 0 unspecified atom stereocenters. The first-order valence-corrected chi connectivity index (χ1v) is 5.34. The van der Waals surface area contributed by atoms with Gasteiger partial charge in [-0.1, -0.05) is 6.07 Å². The van der Waals surface area contributed by atoms with Crippen molar-refractivity contribution in [1.82, 2.24) is 4.90 Å². The van der Waals surface area contributed by atoms with E-state index in [0.717, 1.165) is 0 Å². The summed E-state index contributed by atoms with van der Waals surface area (Å²) in [5, 5.41) is 0. The molecule has 2 rings (SSSR count). The average molecular weight is 221 g/mol. The third kappa shape index (κ3) is 2.15. The Balaban J connectivity index is 2.05. The van der Waals surface area contributed by atoms with Crippen molar-refractivity contribution >= 4 is 11.6 Å². The Morgan fingerprint density at radius 2 is 2.06 bits per heavy atom. The lowest BCUT2D eigenvalue weighted by Gasteiger charge is -2.35. The molecule has 1 aliphatic heterocycles. The smallest absolute Gasteiger partial charge is 0.219 e. The molecule has 3 nitrogen and oxygen atoms in total. The predicted molar refractivity (Wildman–Crippen MR) is 59.7 cm³/mol. The number of nitrogens with zero attached hydrogens (tertiary/aromatic N) is 2. The van der Waals surface area contributed by atoms with Crippen molar-refractivity contribution in [2.24, 2.45) is 0 Å². The Kier molecular flexibility index (Phi) is 3.08. The lowest BCUT2D eigenvalue weighted by atomic mass is 10.2. The van der Waals surface area contributed by atoms with E-state index in [1.54, 1.807) is 24.0 Å². The van der Waals surface area contributed by atoms with Crippen molar-refractivity contribution in [2.45, 2.75) is 6.92 Å². The SMILES string of the molecule is CC(=O)N1CCN(c2c[c]ccc2F)CC1. The van der Waals surface area contributed by atoms with Crippen LogP contribution in [0.25, 0.3) is 0 Å². The number of amides is 1. The van der Waals surface area contributed by atoms with Gasteiger partial charge in [-0.3, -0.25) is 4.79 Å². The van der Waals surface area contributed by atoms with E-state index in [4.69, 9.17) is 0 Å². The van der Waals surface area contributed by atoms with Crippen molar-refractivity contribution in [3.63, 3.8) is 0 Å². The summed E-state index contributed by atoms with van der Waals surface area (Å²) in [4.78, 5) is 14.9. The predicted octanol–water partition coefficient (Wildman–Crippen LogP) is 1.29. The molecule has 1 fully saturated rings. The first-order valence-electron chi connectivity index (χ1n) is 5.34. The van der Waals surface area contributed by atoms with E-state index in [2.05, 4.69) is 6.07 Å². The molecule has 0 aliphatic carbocycles. The highest BCUT2D eigenvalue weighted by molar-refractivity contribution is 5.73. The number of rotatable bonds is 1. The molecule has 85 valence electrons. The molecule has 0 N–H and O–H groups in total. The fourth-order valence-corrected chi connectivity index (χ4v) is 1.91. The molecule has 4 heteroatoms. The van der Waals surface area contributed by atoms with Gasteiger partial charge in [-0.15, -0.1) is 0 Å². The van der Waals surface area contributed by atoms with E-state index < -0.39 is 0 Å². The fourth-order valence-electron chi connectivity index (χ4n) is 1.91. The monoisotopic (exact) mass is 221 g/mol. The van der Waals surface area contributed by atoms with Crippen molar-refractivity contribution in [2.75, 3.05) is 31.1 Å². The van der Waals surface area contributed by atoms with Crippen LogP contribution in [0.5, 0.6) is 0 Å². The summed E-state index contributed by atoms with van der Waals surface area (Å²) in [5.41, 5.74) is 0.575. The van der Waals surface area contributed by atoms with Crippen LogP contribution in [0.15, 0.2) is 18.2 Å². The normalized spacial score (nSPS) is 16.4. The highest BCUT2D eigenvalue weighted by Gasteiger charge is 2.20. The van der Waals surface area contributed by atoms with Gasteiger partial charge in [-0.2, -0.15) is 0 Å². The largest absolute Gasteiger partial charge is 0.366 e. The molecule has 1 aromatic carbocycles. The second kappa shape index (κ2) is 4.51. The van der Waals surface area contributed by atoms with Crippen LogP contribution < -0.4 is 4.90 Å². The third-order valence-corrected chi connectivity index (χ3v) is 2.86. The van der Waals surface area contributed by atoms with E-state index in [1.807, 2.05) is 4.90 Å². The molecule has 1 aromatic rings. The van der Waals surface area contributed by atoms with Crippen molar-refractivity contribution in [3.8, 4) is 0 Å². The van der Waals surface area contributed by atoms with Gasteiger partial charge in [-0.05, 0) is 18.2 Å². The molecule has 0 aromatic heterocycles. The Morgan fingerprint density at radius 1 is 1.38 bits per heavy atom. The van der Waals surface area contributed by atoms with Crippen molar-refractivity contribution < 1.29 is 9.18 Å². The molecule has 1 amide bonds. The van der Waals surface area contributed by atoms with Crippen molar-refractivity contribution in [1.29, 1.82) is 0 Å². The number of halogens is 1. The molecule has 1 heterocycles. The molecule has 1 saturated heterocycles. The quantitative estimate of drug-likeness (QED) is 0.713. The Labute approximate surface area is 94.5 Å². The molecule has 0 saturated carbocycles. The maximum absolute atomic E-state index is 13.5. The average Bonchev–Trinajstić information content (AvgIpc) is 2.30. The van der Waals surface area contributed by atoms with Gasteiger partial charge < -0.3 is 9.80 Å². The topological polar surface area (TPSA) is 23.6 Å². The van der Waals surface area contributed by atoms with Crippen LogP contribution >= 0.6 is 0 Å². The van der Waals surface area contributed by atoms with Gasteiger partial charge in [0.1, 0.15) is 5.82 Å². The molecule has 0 bridgehead atoms. The summed E-state index contributed by atoms with van der Waals surface area (Å²) in [7, 11) is 0. The van der Waals surface area contributed by atoms with Crippen LogP contribution in [0.2, 0.25) is 0 Å². The molecule has 1 radical (unpaired) electrons. The maximum Gasteiger partial charge on any atom is 0.219 e. The number of benzene rings is 1. The van der Waals surface area contributed by atoms with Crippen LogP contribution in [0.1, 0.15) is 6.92 Å². The number of hydrogen-bond donors (Lipinski definition) is 0. The Hall–Kier alpha value is -1.58. The minimum Gasteiger partial charge on any atom is -0.366 e. The summed E-state index contributed by atoms with van der Waals surface area (Å²) >= 11 is 0. The standard InChI is InChI=1S/C12H14FN2O/c1-10(16)14-6-8-15(9-7-14)12-5-3-2-4-11(12)13/h2,4-5H,6-9H2,1H3. The zero-order valence-corrected chi connectivity index (χ0v) is 9.24.